The first-order valence-electron chi connectivity index (χ1n) is 5.91. The SMILES string of the molecule is CC(C)N(CC(=O)O)C(=O)CN(C)c1ncccn1. The number of aromatic nitrogens is 2. The first kappa shape index (κ1) is 14.9. The van der Waals surface area contributed by atoms with Crippen molar-refractivity contribution in [2.24, 2.45) is 0 Å². The highest BCUT2D eigenvalue weighted by atomic mass is 16.4. The fraction of sp³-hybridized carbons (Fsp3) is 0.500. The smallest absolute Gasteiger partial charge is 0.323 e. The van der Waals surface area contributed by atoms with E-state index in [0.717, 1.165) is 0 Å². The quantitative estimate of drug-likeness (QED) is 0.793. The number of carbonyl (C=O) groups is 2. The van der Waals surface area contributed by atoms with Gasteiger partial charge in [0.1, 0.15) is 6.54 Å². The van der Waals surface area contributed by atoms with Crippen LogP contribution in [0.15, 0.2) is 18.5 Å². The molecular formula is C12H18N4O3. The molecule has 7 heteroatoms. The van der Waals surface area contributed by atoms with Crippen LogP contribution < -0.4 is 4.90 Å². The number of carboxylic acid groups (broad SMARTS) is 1. The summed E-state index contributed by atoms with van der Waals surface area (Å²) < 4.78 is 0. The van der Waals surface area contributed by atoms with E-state index in [0.29, 0.717) is 5.95 Å². The molecule has 0 atom stereocenters. The van der Waals surface area contributed by atoms with Crippen LogP contribution in [0.1, 0.15) is 13.8 Å². The third kappa shape index (κ3) is 4.53. The lowest BCUT2D eigenvalue weighted by Crippen LogP contribution is -2.45. The maximum Gasteiger partial charge on any atom is 0.323 e. The van der Waals surface area contributed by atoms with Crippen LogP contribution in [-0.4, -0.2) is 58.0 Å². The Bertz CT molecular complexity index is 436. The van der Waals surface area contributed by atoms with Gasteiger partial charge in [0.25, 0.3) is 0 Å². The summed E-state index contributed by atoms with van der Waals surface area (Å²) in [6.07, 6.45) is 3.17. The van der Waals surface area contributed by atoms with E-state index in [-0.39, 0.29) is 25.0 Å². The Balaban J connectivity index is 2.69. The number of carbonyl (C=O) groups excluding carboxylic acids is 1. The summed E-state index contributed by atoms with van der Waals surface area (Å²) in [6.45, 7) is 3.29. The molecule has 0 aliphatic carbocycles. The third-order valence-corrected chi connectivity index (χ3v) is 2.52. The normalized spacial score (nSPS) is 10.3. The Kier molecular flexibility index (Phi) is 5.23. The molecule has 0 spiro atoms. The van der Waals surface area contributed by atoms with E-state index in [9.17, 15) is 9.59 Å². The maximum atomic E-state index is 12.1. The van der Waals surface area contributed by atoms with Gasteiger partial charge in [-0.25, -0.2) is 9.97 Å². The van der Waals surface area contributed by atoms with Crippen molar-refractivity contribution in [3.05, 3.63) is 18.5 Å². The van der Waals surface area contributed by atoms with Gasteiger partial charge in [0, 0.05) is 25.5 Å². The summed E-state index contributed by atoms with van der Waals surface area (Å²) in [5.41, 5.74) is 0. The van der Waals surface area contributed by atoms with Gasteiger partial charge >= 0.3 is 5.97 Å². The van der Waals surface area contributed by atoms with Crippen LogP contribution in [0.5, 0.6) is 0 Å². The van der Waals surface area contributed by atoms with Gasteiger partial charge in [-0.1, -0.05) is 0 Å². The van der Waals surface area contributed by atoms with Crippen molar-refractivity contribution in [1.29, 1.82) is 0 Å². The predicted octanol–water partition coefficient (Wildman–Crippen LogP) is 0.234. The number of nitrogens with zero attached hydrogens (tertiary/aromatic N) is 4. The van der Waals surface area contributed by atoms with Crippen molar-refractivity contribution in [3.8, 4) is 0 Å². The standard InChI is InChI=1S/C12H18N4O3/c1-9(2)16(8-11(18)19)10(17)7-15(3)12-13-5-4-6-14-12/h4-6,9H,7-8H2,1-3H3,(H,18,19). The molecule has 1 N–H and O–H groups in total. The van der Waals surface area contributed by atoms with E-state index >= 15 is 0 Å². The average Bonchev–Trinajstić information content (AvgIpc) is 2.36. The number of amides is 1. The van der Waals surface area contributed by atoms with Gasteiger partial charge in [0.05, 0.1) is 6.54 Å². The number of rotatable bonds is 6. The van der Waals surface area contributed by atoms with E-state index in [2.05, 4.69) is 9.97 Å². The van der Waals surface area contributed by atoms with Crippen LogP contribution in [0.4, 0.5) is 5.95 Å². The zero-order valence-corrected chi connectivity index (χ0v) is 11.3. The van der Waals surface area contributed by atoms with E-state index < -0.39 is 5.97 Å². The van der Waals surface area contributed by atoms with Crippen molar-refractivity contribution < 1.29 is 14.7 Å². The van der Waals surface area contributed by atoms with E-state index in [1.807, 2.05) is 0 Å². The minimum absolute atomic E-state index is 0.0372. The maximum absolute atomic E-state index is 12.1. The molecule has 0 radical (unpaired) electrons. The van der Waals surface area contributed by atoms with Gasteiger partial charge in [-0.15, -0.1) is 0 Å². The lowest BCUT2D eigenvalue weighted by Gasteiger charge is -2.27. The van der Waals surface area contributed by atoms with Gasteiger partial charge in [-0.2, -0.15) is 0 Å². The summed E-state index contributed by atoms with van der Waals surface area (Å²) in [4.78, 5) is 33.8. The third-order valence-electron chi connectivity index (χ3n) is 2.52. The van der Waals surface area contributed by atoms with E-state index in [1.54, 1.807) is 44.3 Å². The molecule has 0 fully saturated rings. The molecule has 0 unspecified atom stereocenters. The lowest BCUT2D eigenvalue weighted by molar-refractivity contribution is -0.145. The molecule has 0 bridgehead atoms. The predicted molar refractivity (Wildman–Crippen MR) is 69.8 cm³/mol. The zero-order valence-electron chi connectivity index (χ0n) is 11.3. The first-order valence-corrected chi connectivity index (χ1v) is 5.91. The van der Waals surface area contributed by atoms with E-state index in [4.69, 9.17) is 5.11 Å². The monoisotopic (exact) mass is 266 g/mol. The van der Waals surface area contributed by atoms with Gasteiger partial charge in [-0.3, -0.25) is 9.59 Å². The summed E-state index contributed by atoms with van der Waals surface area (Å²) in [6, 6.07) is 1.51. The van der Waals surface area contributed by atoms with Crippen molar-refractivity contribution in [2.75, 3.05) is 25.0 Å². The largest absolute Gasteiger partial charge is 0.480 e. The molecule has 1 amide bonds. The Morgan fingerprint density at radius 2 is 1.84 bits per heavy atom. The van der Waals surface area contributed by atoms with Crippen LogP contribution in [0.25, 0.3) is 0 Å². The highest BCUT2D eigenvalue weighted by molar-refractivity contribution is 5.84. The number of anilines is 1. The van der Waals surface area contributed by atoms with Gasteiger partial charge < -0.3 is 14.9 Å². The topological polar surface area (TPSA) is 86.6 Å². The summed E-state index contributed by atoms with van der Waals surface area (Å²) >= 11 is 0. The molecule has 7 nitrogen and oxygen atoms in total. The molecule has 1 aromatic heterocycles. The molecule has 0 saturated carbocycles. The Morgan fingerprint density at radius 1 is 1.26 bits per heavy atom. The number of likely N-dealkylation sites (N-methyl/N-ethyl adjacent to an activating group) is 1. The molecule has 0 aromatic carbocycles. The minimum Gasteiger partial charge on any atom is -0.480 e. The van der Waals surface area contributed by atoms with Gasteiger partial charge in [0.2, 0.25) is 11.9 Å². The summed E-state index contributed by atoms with van der Waals surface area (Å²) in [5, 5.41) is 8.80. The fourth-order valence-corrected chi connectivity index (χ4v) is 1.56. The Labute approximate surface area is 111 Å². The molecule has 1 aromatic rings. The summed E-state index contributed by atoms with van der Waals surface area (Å²) in [7, 11) is 1.69. The first-order chi connectivity index (χ1) is 8.91. The molecule has 0 aliphatic heterocycles. The lowest BCUT2D eigenvalue weighted by atomic mass is 10.3. The Morgan fingerprint density at radius 3 is 2.32 bits per heavy atom. The molecule has 0 saturated heterocycles. The second-order valence-corrected chi connectivity index (χ2v) is 4.41. The Hall–Kier alpha value is -2.18. The second kappa shape index (κ2) is 6.67. The van der Waals surface area contributed by atoms with Gasteiger partial charge in [0.15, 0.2) is 0 Å². The fourth-order valence-electron chi connectivity index (χ4n) is 1.56. The molecular weight excluding hydrogens is 248 g/mol. The summed E-state index contributed by atoms with van der Waals surface area (Å²) in [5.74, 6) is -0.872. The molecule has 19 heavy (non-hydrogen) atoms. The van der Waals surface area contributed by atoms with Crippen LogP contribution in [0, 0.1) is 0 Å². The van der Waals surface area contributed by atoms with Crippen molar-refractivity contribution in [1.82, 2.24) is 14.9 Å². The number of carboxylic acids is 1. The molecule has 1 rings (SSSR count). The molecule has 1 heterocycles. The highest BCUT2D eigenvalue weighted by Gasteiger charge is 2.21. The number of hydrogen-bond acceptors (Lipinski definition) is 5. The highest BCUT2D eigenvalue weighted by Crippen LogP contribution is 2.05. The van der Waals surface area contributed by atoms with Crippen LogP contribution >= 0.6 is 0 Å². The van der Waals surface area contributed by atoms with Crippen molar-refractivity contribution in [3.63, 3.8) is 0 Å². The van der Waals surface area contributed by atoms with E-state index in [1.165, 1.54) is 4.90 Å². The second-order valence-electron chi connectivity index (χ2n) is 4.41. The zero-order chi connectivity index (χ0) is 14.4. The van der Waals surface area contributed by atoms with Crippen LogP contribution in [-0.2, 0) is 9.59 Å². The molecule has 0 aliphatic rings. The van der Waals surface area contributed by atoms with Crippen LogP contribution in [0.3, 0.4) is 0 Å². The average molecular weight is 266 g/mol. The van der Waals surface area contributed by atoms with Crippen LogP contribution in [0.2, 0.25) is 0 Å². The van der Waals surface area contributed by atoms with Crippen molar-refractivity contribution in [2.45, 2.75) is 19.9 Å². The molecule has 104 valence electrons. The minimum atomic E-state index is -1.03. The number of hydrogen-bond donors (Lipinski definition) is 1. The van der Waals surface area contributed by atoms with Crippen molar-refractivity contribution >= 4 is 17.8 Å². The van der Waals surface area contributed by atoms with Gasteiger partial charge in [-0.05, 0) is 19.9 Å². The number of aliphatic carboxylic acids is 1.